The average Bonchev–Trinajstić information content (AvgIpc) is 2.86. The molecular formula is C12H15BFN3O3. The van der Waals surface area contributed by atoms with Gasteiger partial charge in [0.25, 0.3) is 0 Å². The Morgan fingerprint density at radius 2 is 2.15 bits per heavy atom. The lowest BCUT2D eigenvalue weighted by Gasteiger charge is -2.11. The van der Waals surface area contributed by atoms with Crippen LogP contribution in [0.4, 0.5) is 4.39 Å². The number of ether oxygens (including phenoxy) is 1. The first-order valence-electron chi connectivity index (χ1n) is 6.15. The summed E-state index contributed by atoms with van der Waals surface area (Å²) in [5.74, 6) is -0.0757. The summed E-state index contributed by atoms with van der Waals surface area (Å²) in [6, 6.07) is 3.77. The molecule has 0 saturated carbocycles. The Bertz CT molecular complexity index is 589. The number of benzene rings is 1. The van der Waals surface area contributed by atoms with Gasteiger partial charge >= 0.3 is 7.12 Å². The Kier molecular flexibility index (Phi) is 4.36. The van der Waals surface area contributed by atoms with Crippen LogP contribution >= 0.6 is 0 Å². The third-order valence-corrected chi connectivity index (χ3v) is 2.75. The first kappa shape index (κ1) is 14.5. The van der Waals surface area contributed by atoms with Gasteiger partial charge in [0.1, 0.15) is 12.9 Å². The third-order valence-electron chi connectivity index (χ3n) is 2.75. The zero-order valence-electron chi connectivity index (χ0n) is 11.2. The summed E-state index contributed by atoms with van der Waals surface area (Å²) in [5.41, 5.74) is 0.159. The van der Waals surface area contributed by atoms with Crippen molar-refractivity contribution in [3.63, 3.8) is 0 Å². The Labute approximate surface area is 116 Å². The number of aromatic nitrogens is 3. The Hall–Kier alpha value is -1.93. The highest BCUT2D eigenvalue weighted by Crippen LogP contribution is 2.16. The van der Waals surface area contributed by atoms with Gasteiger partial charge in [0.05, 0.1) is 0 Å². The molecule has 106 valence electrons. The van der Waals surface area contributed by atoms with Gasteiger partial charge in [-0.05, 0) is 31.4 Å². The fraction of sp³-hybridized carbons (Fsp3) is 0.333. The first-order valence-corrected chi connectivity index (χ1v) is 6.15. The Balaban J connectivity index is 2.14. The van der Waals surface area contributed by atoms with Crippen LogP contribution in [0.25, 0.3) is 0 Å². The van der Waals surface area contributed by atoms with E-state index < -0.39 is 12.9 Å². The van der Waals surface area contributed by atoms with E-state index in [9.17, 15) is 4.39 Å². The van der Waals surface area contributed by atoms with Crippen LogP contribution in [0, 0.1) is 5.82 Å². The zero-order chi connectivity index (χ0) is 14.7. The van der Waals surface area contributed by atoms with Gasteiger partial charge < -0.3 is 14.8 Å². The smallest absolute Gasteiger partial charge is 0.483 e. The van der Waals surface area contributed by atoms with E-state index in [0.29, 0.717) is 5.82 Å². The van der Waals surface area contributed by atoms with Crippen LogP contribution in [0.15, 0.2) is 24.5 Å². The predicted octanol–water partition coefficient (Wildman–Crippen LogP) is 0.257. The maximum absolute atomic E-state index is 13.6. The second kappa shape index (κ2) is 6.02. The summed E-state index contributed by atoms with van der Waals surface area (Å²) in [6.45, 7) is 3.93. The maximum Gasteiger partial charge on any atom is 0.488 e. The topological polar surface area (TPSA) is 80.4 Å². The minimum Gasteiger partial charge on any atom is -0.483 e. The molecular weight excluding hydrogens is 264 g/mol. The molecule has 0 saturated heterocycles. The Morgan fingerprint density at radius 3 is 2.80 bits per heavy atom. The Morgan fingerprint density at radius 1 is 1.40 bits per heavy atom. The standard InChI is InChI=1S/C12H15BFN3O3/c1-8(2)17-12(15-7-16-17)6-20-11-5-9(13(18)19)3-4-10(11)14/h3-5,7-8,18-19H,6H2,1-2H3. The van der Waals surface area contributed by atoms with Crippen molar-refractivity contribution in [2.75, 3.05) is 0 Å². The molecule has 0 fully saturated rings. The van der Waals surface area contributed by atoms with Gasteiger partial charge in [0.15, 0.2) is 17.4 Å². The average molecular weight is 279 g/mol. The predicted molar refractivity (Wildman–Crippen MR) is 71.0 cm³/mol. The van der Waals surface area contributed by atoms with E-state index in [0.717, 1.165) is 6.07 Å². The molecule has 1 aromatic carbocycles. The molecule has 0 aliphatic rings. The van der Waals surface area contributed by atoms with Crippen molar-refractivity contribution in [1.82, 2.24) is 14.8 Å². The van der Waals surface area contributed by atoms with Gasteiger partial charge in [-0.2, -0.15) is 5.10 Å². The van der Waals surface area contributed by atoms with Crippen molar-refractivity contribution in [3.05, 3.63) is 36.2 Å². The minimum absolute atomic E-state index is 0.0417. The molecule has 6 nitrogen and oxygen atoms in total. The highest BCUT2D eigenvalue weighted by molar-refractivity contribution is 6.58. The summed E-state index contributed by atoms with van der Waals surface area (Å²) >= 11 is 0. The van der Waals surface area contributed by atoms with E-state index in [2.05, 4.69) is 10.1 Å². The van der Waals surface area contributed by atoms with Gasteiger partial charge in [0, 0.05) is 6.04 Å². The summed E-state index contributed by atoms with van der Waals surface area (Å²) in [5, 5.41) is 22.2. The highest BCUT2D eigenvalue weighted by atomic mass is 19.1. The van der Waals surface area contributed by atoms with Crippen LogP contribution in [-0.4, -0.2) is 31.9 Å². The lowest BCUT2D eigenvalue weighted by atomic mass is 9.80. The van der Waals surface area contributed by atoms with Crippen LogP contribution in [0.5, 0.6) is 5.75 Å². The second-order valence-corrected chi connectivity index (χ2v) is 4.57. The third kappa shape index (κ3) is 3.15. The highest BCUT2D eigenvalue weighted by Gasteiger charge is 2.15. The van der Waals surface area contributed by atoms with E-state index in [1.165, 1.54) is 18.5 Å². The van der Waals surface area contributed by atoms with E-state index in [-0.39, 0.29) is 23.9 Å². The molecule has 1 aromatic heterocycles. The summed E-state index contributed by atoms with van der Waals surface area (Å²) < 4.78 is 20.6. The van der Waals surface area contributed by atoms with Crippen molar-refractivity contribution in [1.29, 1.82) is 0 Å². The van der Waals surface area contributed by atoms with E-state index in [1.807, 2.05) is 13.8 Å². The summed E-state index contributed by atoms with van der Waals surface area (Å²) in [6.07, 6.45) is 1.41. The fourth-order valence-electron chi connectivity index (χ4n) is 1.74. The van der Waals surface area contributed by atoms with Crippen LogP contribution < -0.4 is 10.2 Å². The van der Waals surface area contributed by atoms with Gasteiger partial charge in [-0.1, -0.05) is 6.07 Å². The molecule has 0 bridgehead atoms. The van der Waals surface area contributed by atoms with Crippen LogP contribution in [-0.2, 0) is 6.61 Å². The number of rotatable bonds is 5. The van der Waals surface area contributed by atoms with Gasteiger partial charge in [0.2, 0.25) is 0 Å². The number of nitrogens with zero attached hydrogens (tertiary/aromatic N) is 3. The lowest BCUT2D eigenvalue weighted by molar-refractivity contribution is 0.269. The first-order chi connectivity index (χ1) is 9.49. The van der Waals surface area contributed by atoms with Crippen molar-refractivity contribution in [2.24, 2.45) is 0 Å². The molecule has 0 radical (unpaired) electrons. The lowest BCUT2D eigenvalue weighted by Crippen LogP contribution is -2.29. The molecule has 0 amide bonds. The monoisotopic (exact) mass is 279 g/mol. The van der Waals surface area contributed by atoms with E-state index >= 15 is 0 Å². The largest absolute Gasteiger partial charge is 0.488 e. The molecule has 0 spiro atoms. The number of hydrogen-bond donors (Lipinski definition) is 2. The SMILES string of the molecule is CC(C)n1ncnc1COc1cc(B(O)O)ccc1F. The quantitative estimate of drug-likeness (QED) is 0.767. The van der Waals surface area contributed by atoms with Crippen molar-refractivity contribution in [3.8, 4) is 5.75 Å². The molecule has 0 atom stereocenters. The fourth-order valence-corrected chi connectivity index (χ4v) is 1.74. The molecule has 2 N–H and O–H groups in total. The molecule has 2 rings (SSSR count). The summed E-state index contributed by atoms with van der Waals surface area (Å²) in [7, 11) is -1.67. The molecule has 8 heteroatoms. The summed E-state index contributed by atoms with van der Waals surface area (Å²) in [4.78, 5) is 4.05. The van der Waals surface area contributed by atoms with Crippen molar-refractivity contribution in [2.45, 2.75) is 26.5 Å². The number of hydrogen-bond acceptors (Lipinski definition) is 5. The van der Waals surface area contributed by atoms with Crippen LogP contribution in [0.2, 0.25) is 0 Å². The maximum atomic E-state index is 13.6. The molecule has 20 heavy (non-hydrogen) atoms. The van der Waals surface area contributed by atoms with E-state index in [4.69, 9.17) is 14.8 Å². The molecule has 0 aliphatic carbocycles. The van der Waals surface area contributed by atoms with E-state index in [1.54, 1.807) is 4.68 Å². The van der Waals surface area contributed by atoms with Gasteiger partial charge in [-0.3, -0.25) is 0 Å². The second-order valence-electron chi connectivity index (χ2n) is 4.57. The van der Waals surface area contributed by atoms with Crippen LogP contribution in [0.1, 0.15) is 25.7 Å². The van der Waals surface area contributed by atoms with Crippen molar-refractivity contribution < 1.29 is 19.2 Å². The molecule has 2 aromatic rings. The minimum atomic E-state index is -1.67. The van der Waals surface area contributed by atoms with Gasteiger partial charge in [-0.15, -0.1) is 0 Å². The number of halogens is 1. The molecule has 0 unspecified atom stereocenters. The molecule has 1 heterocycles. The van der Waals surface area contributed by atoms with Gasteiger partial charge in [-0.25, -0.2) is 14.1 Å². The van der Waals surface area contributed by atoms with Crippen molar-refractivity contribution >= 4 is 12.6 Å². The normalized spacial score (nSPS) is 10.9. The molecule has 0 aliphatic heterocycles. The van der Waals surface area contributed by atoms with Crippen LogP contribution in [0.3, 0.4) is 0 Å². The zero-order valence-corrected chi connectivity index (χ0v) is 11.2.